The van der Waals surface area contributed by atoms with Crippen molar-refractivity contribution in [3.05, 3.63) is 71.2 Å². The van der Waals surface area contributed by atoms with Crippen molar-refractivity contribution in [2.75, 3.05) is 21.7 Å². The lowest BCUT2D eigenvalue weighted by atomic mass is 10.2. The number of carbonyl (C=O) groups excluding carboxylic acids is 2. The van der Waals surface area contributed by atoms with E-state index in [-0.39, 0.29) is 23.3 Å². The van der Waals surface area contributed by atoms with Crippen LogP contribution in [0.4, 0.5) is 16.5 Å². The third-order valence-corrected chi connectivity index (χ3v) is 5.68. The lowest BCUT2D eigenvalue weighted by molar-refractivity contribution is -0.115. The number of aromatic nitrogens is 1. The summed E-state index contributed by atoms with van der Waals surface area (Å²) >= 11 is 2.72. The van der Waals surface area contributed by atoms with E-state index in [2.05, 4.69) is 10.3 Å². The van der Waals surface area contributed by atoms with Gasteiger partial charge in [-0.15, -0.1) is 23.1 Å². The van der Waals surface area contributed by atoms with Crippen molar-refractivity contribution in [2.45, 2.75) is 13.8 Å². The first-order valence-corrected chi connectivity index (χ1v) is 10.8. The summed E-state index contributed by atoms with van der Waals surface area (Å²) < 4.78 is 0. The largest absolute Gasteiger partial charge is 0.325 e. The molecule has 144 valence electrons. The number of nitrogens with one attached hydrogen (secondary N) is 1. The van der Waals surface area contributed by atoms with E-state index in [4.69, 9.17) is 0 Å². The third-order valence-electron chi connectivity index (χ3n) is 3.82. The molecule has 0 fully saturated rings. The molecule has 0 atom stereocenters. The highest BCUT2D eigenvalue weighted by atomic mass is 32.2. The zero-order chi connectivity index (χ0) is 19.9. The molecule has 1 N–H and O–H groups in total. The van der Waals surface area contributed by atoms with Crippen LogP contribution >= 0.6 is 23.1 Å². The molecule has 0 saturated heterocycles. The number of rotatable bonds is 7. The summed E-state index contributed by atoms with van der Waals surface area (Å²) in [6.45, 7) is 3.87. The fraction of sp³-hybridized carbons (Fsp3) is 0.190. The Kier molecular flexibility index (Phi) is 6.84. The fourth-order valence-electron chi connectivity index (χ4n) is 2.60. The van der Waals surface area contributed by atoms with E-state index in [1.165, 1.54) is 23.1 Å². The summed E-state index contributed by atoms with van der Waals surface area (Å²) in [6.07, 6.45) is 0. The van der Waals surface area contributed by atoms with Crippen molar-refractivity contribution >= 4 is 51.4 Å². The highest BCUT2D eigenvalue weighted by Crippen LogP contribution is 2.29. The number of benzene rings is 2. The van der Waals surface area contributed by atoms with Crippen molar-refractivity contribution in [2.24, 2.45) is 0 Å². The molecule has 0 radical (unpaired) electrons. The molecule has 2 aromatic carbocycles. The molecule has 0 unspecified atom stereocenters. The van der Waals surface area contributed by atoms with Crippen LogP contribution in [0.2, 0.25) is 0 Å². The molecule has 7 heteroatoms. The average Bonchev–Trinajstić information content (AvgIpc) is 3.08. The second-order valence-corrected chi connectivity index (χ2v) is 8.07. The van der Waals surface area contributed by atoms with E-state index in [1.54, 1.807) is 4.90 Å². The maximum atomic E-state index is 12.9. The molecule has 28 heavy (non-hydrogen) atoms. The standard InChI is InChI=1S/C21H21N3O2S2/c1-15-7-6-8-17(11-15)23-19(25)13-27-14-20(26)24(18-9-4-3-5-10-18)21-22-16(2)12-28-21/h3-12H,13-14H2,1-2H3,(H,23,25). The summed E-state index contributed by atoms with van der Waals surface area (Å²) in [7, 11) is 0. The minimum atomic E-state index is -0.125. The molecular formula is C21H21N3O2S2. The maximum Gasteiger partial charge on any atom is 0.243 e. The van der Waals surface area contributed by atoms with E-state index in [0.717, 1.165) is 22.6 Å². The first-order chi connectivity index (χ1) is 13.5. The Hall–Kier alpha value is -2.64. The highest BCUT2D eigenvalue weighted by Gasteiger charge is 2.21. The smallest absolute Gasteiger partial charge is 0.243 e. The van der Waals surface area contributed by atoms with Crippen LogP contribution in [-0.2, 0) is 9.59 Å². The Balaban J connectivity index is 1.60. The molecule has 0 aliphatic carbocycles. The van der Waals surface area contributed by atoms with Crippen LogP contribution in [0.25, 0.3) is 0 Å². The Morgan fingerprint density at radius 3 is 2.54 bits per heavy atom. The second-order valence-electron chi connectivity index (χ2n) is 6.25. The van der Waals surface area contributed by atoms with Crippen molar-refractivity contribution in [3.63, 3.8) is 0 Å². The lowest BCUT2D eigenvalue weighted by Gasteiger charge is -2.19. The molecule has 0 aliphatic heterocycles. The number of hydrogen-bond acceptors (Lipinski definition) is 5. The van der Waals surface area contributed by atoms with Gasteiger partial charge in [0.15, 0.2) is 5.13 Å². The lowest BCUT2D eigenvalue weighted by Crippen LogP contribution is -2.28. The van der Waals surface area contributed by atoms with Crippen LogP contribution in [0.15, 0.2) is 60.0 Å². The summed E-state index contributed by atoms with van der Waals surface area (Å²) in [5, 5.41) is 5.41. The monoisotopic (exact) mass is 411 g/mol. The molecule has 2 amide bonds. The van der Waals surface area contributed by atoms with E-state index in [0.29, 0.717) is 5.13 Å². The maximum absolute atomic E-state index is 12.9. The first kappa shape index (κ1) is 20.1. The number of aryl methyl sites for hydroxylation is 2. The van der Waals surface area contributed by atoms with Gasteiger partial charge in [0.05, 0.1) is 22.9 Å². The first-order valence-electron chi connectivity index (χ1n) is 8.77. The van der Waals surface area contributed by atoms with Gasteiger partial charge in [-0.05, 0) is 43.7 Å². The zero-order valence-electron chi connectivity index (χ0n) is 15.7. The Morgan fingerprint density at radius 1 is 1.07 bits per heavy atom. The summed E-state index contributed by atoms with van der Waals surface area (Å²) in [6, 6.07) is 17.1. The Labute approximate surface area is 172 Å². The van der Waals surface area contributed by atoms with Gasteiger partial charge in [0.2, 0.25) is 11.8 Å². The van der Waals surface area contributed by atoms with Gasteiger partial charge in [-0.3, -0.25) is 14.5 Å². The number of amides is 2. The topological polar surface area (TPSA) is 62.3 Å². The molecule has 1 aromatic heterocycles. The fourth-order valence-corrected chi connectivity index (χ4v) is 4.10. The van der Waals surface area contributed by atoms with Gasteiger partial charge in [-0.1, -0.05) is 30.3 Å². The van der Waals surface area contributed by atoms with Gasteiger partial charge in [-0.2, -0.15) is 0 Å². The number of thiazole rings is 1. The average molecular weight is 412 g/mol. The molecule has 5 nitrogen and oxygen atoms in total. The second kappa shape index (κ2) is 9.52. The third kappa shape index (κ3) is 5.43. The molecule has 1 heterocycles. The quantitative estimate of drug-likeness (QED) is 0.607. The number of carbonyl (C=O) groups is 2. The predicted molar refractivity (Wildman–Crippen MR) is 118 cm³/mol. The van der Waals surface area contributed by atoms with Crippen LogP contribution in [0.5, 0.6) is 0 Å². The minimum absolute atomic E-state index is 0.103. The predicted octanol–water partition coefficient (Wildman–Crippen LogP) is 4.80. The number of para-hydroxylation sites is 1. The number of thioether (sulfide) groups is 1. The normalized spacial score (nSPS) is 10.5. The molecule has 0 aliphatic rings. The van der Waals surface area contributed by atoms with Crippen LogP contribution in [0.1, 0.15) is 11.3 Å². The summed E-state index contributed by atoms with van der Waals surface area (Å²) in [5.41, 5.74) is 3.49. The van der Waals surface area contributed by atoms with E-state index < -0.39 is 0 Å². The van der Waals surface area contributed by atoms with Gasteiger partial charge >= 0.3 is 0 Å². The Morgan fingerprint density at radius 2 is 1.86 bits per heavy atom. The van der Waals surface area contributed by atoms with Gasteiger partial charge < -0.3 is 5.32 Å². The van der Waals surface area contributed by atoms with Crippen LogP contribution in [0.3, 0.4) is 0 Å². The molecule has 0 saturated carbocycles. The summed E-state index contributed by atoms with van der Waals surface area (Å²) in [4.78, 5) is 31.1. The van der Waals surface area contributed by atoms with Crippen molar-refractivity contribution in [3.8, 4) is 0 Å². The van der Waals surface area contributed by atoms with E-state index in [9.17, 15) is 9.59 Å². The van der Waals surface area contributed by atoms with Crippen molar-refractivity contribution in [1.29, 1.82) is 0 Å². The highest BCUT2D eigenvalue weighted by molar-refractivity contribution is 8.00. The van der Waals surface area contributed by atoms with Gasteiger partial charge in [-0.25, -0.2) is 4.98 Å². The van der Waals surface area contributed by atoms with Gasteiger partial charge in [0.1, 0.15) is 0 Å². The molecular weight excluding hydrogens is 390 g/mol. The zero-order valence-corrected chi connectivity index (χ0v) is 17.3. The number of anilines is 3. The number of nitrogens with zero attached hydrogens (tertiary/aromatic N) is 2. The van der Waals surface area contributed by atoms with E-state index >= 15 is 0 Å². The summed E-state index contributed by atoms with van der Waals surface area (Å²) in [5.74, 6) is 0.169. The van der Waals surface area contributed by atoms with Gasteiger partial charge in [0.25, 0.3) is 0 Å². The van der Waals surface area contributed by atoms with Crippen molar-refractivity contribution in [1.82, 2.24) is 4.98 Å². The minimum Gasteiger partial charge on any atom is -0.325 e. The van der Waals surface area contributed by atoms with Crippen molar-refractivity contribution < 1.29 is 9.59 Å². The molecule has 3 aromatic rings. The van der Waals surface area contributed by atoms with Crippen LogP contribution in [0, 0.1) is 13.8 Å². The SMILES string of the molecule is Cc1cccc(NC(=O)CSCC(=O)N(c2ccccc2)c2nc(C)cs2)c1. The van der Waals surface area contributed by atoms with E-state index in [1.807, 2.05) is 73.8 Å². The van der Waals surface area contributed by atoms with Crippen LogP contribution in [-0.4, -0.2) is 28.3 Å². The molecule has 0 bridgehead atoms. The van der Waals surface area contributed by atoms with Gasteiger partial charge in [0, 0.05) is 11.1 Å². The Bertz CT molecular complexity index is 957. The molecule has 3 rings (SSSR count). The number of hydrogen-bond donors (Lipinski definition) is 1. The molecule has 0 spiro atoms. The van der Waals surface area contributed by atoms with Crippen LogP contribution < -0.4 is 10.2 Å².